The molecule has 1 aliphatic heterocycles. The molecule has 0 bridgehead atoms. The van der Waals surface area contributed by atoms with Crippen LogP contribution in [0.4, 0.5) is 0 Å². The Morgan fingerprint density at radius 1 is 1.14 bits per heavy atom. The minimum atomic E-state index is 0.0498. The van der Waals surface area contributed by atoms with Gasteiger partial charge >= 0.3 is 0 Å². The van der Waals surface area contributed by atoms with Crippen LogP contribution in [-0.2, 0) is 6.42 Å². The molecule has 2 aromatic rings. The number of fused-ring (bicyclic) bond motifs is 2. The van der Waals surface area contributed by atoms with E-state index >= 15 is 0 Å². The predicted molar refractivity (Wildman–Crippen MR) is 87.2 cm³/mol. The van der Waals surface area contributed by atoms with E-state index in [-0.39, 0.29) is 12.3 Å². The van der Waals surface area contributed by atoms with Crippen LogP contribution in [-0.4, -0.2) is 29.6 Å². The minimum Gasteiger partial charge on any atom is -0.325 e. The molecule has 0 atom stereocenters. The van der Waals surface area contributed by atoms with Gasteiger partial charge in [-0.1, -0.05) is 24.3 Å². The zero-order valence-corrected chi connectivity index (χ0v) is 12.0. The maximum atomic E-state index is 12.0. The van der Waals surface area contributed by atoms with Gasteiger partial charge in [-0.15, -0.1) is 0 Å². The Kier molecular flexibility index (Phi) is 2.98. The van der Waals surface area contributed by atoms with Gasteiger partial charge in [0, 0.05) is 35.9 Å². The highest BCUT2D eigenvalue weighted by Crippen LogP contribution is 2.28. The zero-order chi connectivity index (χ0) is 15.1. The van der Waals surface area contributed by atoms with Gasteiger partial charge in [-0.05, 0) is 23.3 Å². The third-order valence-electron chi connectivity index (χ3n) is 4.18. The molecule has 0 fully saturated rings. The standard InChI is InChI=1S/C18H15N3O/c19-8-17-15-7-11(4-5-14(15)18(22)10-21-17)13-6-12-2-1-3-16(12)20-9-13/h1-2,4-7,9H,3,8,10,19H2. The summed E-state index contributed by atoms with van der Waals surface area (Å²) in [5, 5.41) is 0. The van der Waals surface area contributed by atoms with Crippen LogP contribution >= 0.6 is 0 Å². The summed E-state index contributed by atoms with van der Waals surface area (Å²) in [6, 6.07) is 7.98. The van der Waals surface area contributed by atoms with E-state index in [4.69, 9.17) is 5.73 Å². The molecule has 1 aliphatic carbocycles. The van der Waals surface area contributed by atoms with Crippen molar-refractivity contribution in [2.75, 3.05) is 13.1 Å². The van der Waals surface area contributed by atoms with Gasteiger partial charge in [-0.2, -0.15) is 0 Å². The smallest absolute Gasteiger partial charge is 0.184 e. The van der Waals surface area contributed by atoms with Crippen LogP contribution in [0.15, 0.2) is 41.5 Å². The molecular formula is C18H15N3O. The molecule has 2 aliphatic rings. The van der Waals surface area contributed by atoms with Gasteiger partial charge in [-0.3, -0.25) is 14.8 Å². The van der Waals surface area contributed by atoms with Crippen molar-refractivity contribution < 1.29 is 4.79 Å². The third-order valence-corrected chi connectivity index (χ3v) is 4.18. The Bertz CT molecular complexity index is 849. The second-order valence-electron chi connectivity index (χ2n) is 5.52. The lowest BCUT2D eigenvalue weighted by Gasteiger charge is -2.16. The van der Waals surface area contributed by atoms with E-state index in [1.165, 1.54) is 5.56 Å². The van der Waals surface area contributed by atoms with Crippen molar-refractivity contribution >= 4 is 17.6 Å². The molecule has 108 valence electrons. The number of aromatic nitrogens is 1. The Morgan fingerprint density at radius 3 is 2.91 bits per heavy atom. The molecule has 0 saturated carbocycles. The van der Waals surface area contributed by atoms with Crippen LogP contribution in [0.2, 0.25) is 0 Å². The van der Waals surface area contributed by atoms with E-state index in [1.807, 2.05) is 24.4 Å². The summed E-state index contributed by atoms with van der Waals surface area (Å²) in [5.41, 5.74) is 12.5. The Labute approximate surface area is 128 Å². The summed E-state index contributed by atoms with van der Waals surface area (Å²) in [4.78, 5) is 20.8. The Morgan fingerprint density at radius 2 is 2.05 bits per heavy atom. The van der Waals surface area contributed by atoms with Gasteiger partial charge in [0.05, 0.1) is 11.4 Å². The average Bonchev–Trinajstić information content (AvgIpc) is 3.02. The number of ketones is 1. The van der Waals surface area contributed by atoms with E-state index < -0.39 is 0 Å². The maximum absolute atomic E-state index is 12.0. The lowest BCUT2D eigenvalue weighted by atomic mass is 9.92. The zero-order valence-electron chi connectivity index (χ0n) is 12.0. The third kappa shape index (κ3) is 2.00. The second kappa shape index (κ2) is 5.00. The number of hydrogen-bond donors (Lipinski definition) is 1. The first-order chi connectivity index (χ1) is 10.8. The highest BCUT2D eigenvalue weighted by Gasteiger charge is 2.20. The Hall–Kier alpha value is -2.59. The molecule has 0 saturated heterocycles. The molecule has 0 unspecified atom stereocenters. The maximum Gasteiger partial charge on any atom is 0.184 e. The number of aliphatic imine (C=N–C) groups is 1. The molecule has 22 heavy (non-hydrogen) atoms. The highest BCUT2D eigenvalue weighted by molar-refractivity contribution is 6.16. The molecule has 2 heterocycles. The summed E-state index contributed by atoms with van der Waals surface area (Å²) in [6.07, 6.45) is 7.00. The van der Waals surface area contributed by atoms with Gasteiger partial charge in [0.1, 0.15) is 6.54 Å². The number of carbonyl (C=O) groups is 1. The first-order valence-corrected chi connectivity index (χ1v) is 7.33. The number of pyridine rings is 1. The molecule has 1 aromatic carbocycles. The number of nitrogens with zero attached hydrogens (tertiary/aromatic N) is 2. The van der Waals surface area contributed by atoms with Crippen molar-refractivity contribution in [2.45, 2.75) is 6.42 Å². The molecule has 0 spiro atoms. The summed E-state index contributed by atoms with van der Waals surface area (Å²) < 4.78 is 0. The van der Waals surface area contributed by atoms with Crippen LogP contribution in [0.25, 0.3) is 17.2 Å². The first kappa shape index (κ1) is 13.1. The van der Waals surface area contributed by atoms with Gasteiger partial charge in [0.25, 0.3) is 0 Å². The minimum absolute atomic E-state index is 0.0498. The van der Waals surface area contributed by atoms with Crippen molar-refractivity contribution in [2.24, 2.45) is 10.7 Å². The second-order valence-corrected chi connectivity index (χ2v) is 5.52. The molecule has 0 amide bonds. The van der Waals surface area contributed by atoms with Gasteiger partial charge in [-0.25, -0.2) is 0 Å². The van der Waals surface area contributed by atoms with Crippen molar-refractivity contribution in [3.63, 3.8) is 0 Å². The van der Waals surface area contributed by atoms with Gasteiger partial charge in [0.15, 0.2) is 5.78 Å². The van der Waals surface area contributed by atoms with Crippen LogP contribution in [0.5, 0.6) is 0 Å². The van der Waals surface area contributed by atoms with Crippen LogP contribution in [0.1, 0.15) is 27.2 Å². The normalized spacial score (nSPS) is 15.5. The number of benzene rings is 1. The average molecular weight is 289 g/mol. The molecular weight excluding hydrogens is 274 g/mol. The van der Waals surface area contributed by atoms with E-state index in [2.05, 4.69) is 28.2 Å². The summed E-state index contributed by atoms with van der Waals surface area (Å²) in [5.74, 6) is 0.0498. The molecule has 4 nitrogen and oxygen atoms in total. The number of allylic oxidation sites excluding steroid dienone is 1. The van der Waals surface area contributed by atoms with E-state index in [1.54, 1.807) is 0 Å². The fraction of sp³-hybridized carbons (Fsp3) is 0.167. The summed E-state index contributed by atoms with van der Waals surface area (Å²) in [6.45, 7) is 0.541. The molecule has 4 heteroatoms. The summed E-state index contributed by atoms with van der Waals surface area (Å²) in [7, 11) is 0. The number of nitrogens with two attached hydrogens (primary N) is 1. The predicted octanol–water partition coefficient (Wildman–Crippen LogP) is 2.26. The lowest BCUT2D eigenvalue weighted by Crippen LogP contribution is -2.24. The van der Waals surface area contributed by atoms with Crippen molar-refractivity contribution in [1.29, 1.82) is 0 Å². The number of carbonyl (C=O) groups excluding carboxylic acids is 1. The van der Waals surface area contributed by atoms with Crippen molar-refractivity contribution in [3.05, 3.63) is 58.9 Å². The first-order valence-electron chi connectivity index (χ1n) is 7.33. The number of rotatable bonds is 2. The van der Waals surface area contributed by atoms with Crippen molar-refractivity contribution in [3.8, 4) is 11.1 Å². The van der Waals surface area contributed by atoms with E-state index in [9.17, 15) is 4.79 Å². The molecule has 1 aromatic heterocycles. The summed E-state index contributed by atoms with van der Waals surface area (Å²) >= 11 is 0. The molecule has 4 rings (SSSR count). The lowest BCUT2D eigenvalue weighted by molar-refractivity contribution is 0.1000. The number of hydrogen-bond acceptors (Lipinski definition) is 4. The quantitative estimate of drug-likeness (QED) is 0.922. The monoisotopic (exact) mass is 289 g/mol. The number of Topliss-reactive ketones (excluding diaryl/α,β-unsaturated/α-hetero) is 1. The van der Waals surface area contributed by atoms with Crippen LogP contribution < -0.4 is 5.73 Å². The largest absolute Gasteiger partial charge is 0.325 e. The fourth-order valence-corrected chi connectivity index (χ4v) is 3.00. The fourth-order valence-electron chi connectivity index (χ4n) is 3.00. The van der Waals surface area contributed by atoms with E-state index in [0.29, 0.717) is 12.1 Å². The SMILES string of the molecule is NCC1=NCC(=O)c2ccc(-c3cnc4c(c3)C=CC4)cc21. The van der Waals surface area contributed by atoms with Gasteiger partial charge < -0.3 is 5.73 Å². The molecule has 2 N–H and O–H groups in total. The molecule has 0 radical (unpaired) electrons. The van der Waals surface area contributed by atoms with E-state index in [0.717, 1.165) is 34.5 Å². The highest BCUT2D eigenvalue weighted by atomic mass is 16.1. The Balaban J connectivity index is 1.83. The van der Waals surface area contributed by atoms with Crippen LogP contribution in [0, 0.1) is 0 Å². The van der Waals surface area contributed by atoms with Crippen LogP contribution in [0.3, 0.4) is 0 Å². The topological polar surface area (TPSA) is 68.3 Å². The van der Waals surface area contributed by atoms with Gasteiger partial charge in [0.2, 0.25) is 0 Å². The van der Waals surface area contributed by atoms with Crippen molar-refractivity contribution in [1.82, 2.24) is 4.98 Å².